The Morgan fingerprint density at radius 3 is 2.08 bits per heavy atom. The Hall–Kier alpha value is -4.08. The lowest BCUT2D eigenvalue weighted by atomic mass is 10.0. The van der Waals surface area contributed by atoms with Crippen LogP contribution in [0.1, 0.15) is 11.1 Å². The topological polar surface area (TPSA) is 43.9 Å². The highest BCUT2D eigenvalue weighted by Gasteiger charge is 2.31. The molecule has 6 rings (SSSR count). The zero-order valence-electron chi connectivity index (χ0n) is 22.3. The molecule has 3 heterocycles. The number of aromatic nitrogens is 3. The van der Waals surface area contributed by atoms with Crippen LogP contribution in [0.25, 0.3) is 39.4 Å². The van der Waals surface area contributed by atoms with E-state index >= 15 is 0 Å². The molecule has 6 nitrogen and oxygen atoms in total. The highest BCUT2D eigenvalue weighted by molar-refractivity contribution is 5.86. The number of alkyl halides is 3. The number of hydrogen-bond acceptors (Lipinski definition) is 4. The molecule has 0 N–H and O–H groups in total. The van der Waals surface area contributed by atoms with Gasteiger partial charge in [-0.1, -0.05) is 42.5 Å². The summed E-state index contributed by atoms with van der Waals surface area (Å²) in [5.74, 6) is 0.713. The largest absolute Gasteiger partial charge is 0.497 e. The maximum Gasteiger partial charge on any atom is 0.416 e. The van der Waals surface area contributed by atoms with Gasteiger partial charge in [0.1, 0.15) is 11.4 Å². The maximum absolute atomic E-state index is 13.4. The lowest BCUT2D eigenvalue weighted by molar-refractivity contribution is -0.137. The molecule has 206 valence electrons. The summed E-state index contributed by atoms with van der Waals surface area (Å²) in [5.41, 5.74) is 6.29. The number of ether oxygens (including phenoxy) is 2. The maximum atomic E-state index is 13.4. The molecule has 1 aliphatic rings. The lowest BCUT2D eigenvalue weighted by Crippen LogP contribution is -2.35. The van der Waals surface area contributed by atoms with E-state index in [1.807, 2.05) is 54.0 Å². The van der Waals surface area contributed by atoms with Gasteiger partial charge >= 0.3 is 6.18 Å². The van der Waals surface area contributed by atoms with Gasteiger partial charge in [0.15, 0.2) is 0 Å². The summed E-state index contributed by atoms with van der Waals surface area (Å²) in [6.07, 6.45) is -4.41. The molecule has 0 atom stereocenters. The average molecular weight is 547 g/mol. The highest BCUT2D eigenvalue weighted by Crippen LogP contribution is 2.40. The lowest BCUT2D eigenvalue weighted by Gasteiger charge is -2.26. The minimum absolute atomic E-state index is 0.670. The molecule has 3 aromatic carbocycles. The van der Waals surface area contributed by atoms with Crippen LogP contribution in [0.5, 0.6) is 5.75 Å². The Labute approximate surface area is 230 Å². The summed E-state index contributed by atoms with van der Waals surface area (Å²) in [4.78, 5) is 2.35. The van der Waals surface area contributed by atoms with E-state index in [-0.39, 0.29) is 0 Å². The van der Waals surface area contributed by atoms with Gasteiger partial charge in [0, 0.05) is 48.9 Å². The van der Waals surface area contributed by atoms with E-state index in [1.54, 1.807) is 7.11 Å². The molecule has 0 radical (unpaired) electrons. The molecule has 0 aliphatic carbocycles. The predicted molar refractivity (Wildman–Crippen MR) is 148 cm³/mol. The summed E-state index contributed by atoms with van der Waals surface area (Å²) in [6.45, 7) is 3.64. The Balaban J connectivity index is 1.61. The van der Waals surface area contributed by atoms with Crippen LogP contribution in [0.2, 0.25) is 0 Å². The number of fused-ring (bicyclic) bond motifs is 1. The first-order valence-electron chi connectivity index (χ1n) is 13.1. The van der Waals surface area contributed by atoms with Gasteiger partial charge < -0.3 is 14.0 Å². The summed E-state index contributed by atoms with van der Waals surface area (Å²) in [5, 5.41) is 5.16. The van der Waals surface area contributed by atoms with Crippen LogP contribution < -0.4 is 4.74 Å². The van der Waals surface area contributed by atoms with Crippen molar-refractivity contribution >= 4 is 5.65 Å². The Morgan fingerprint density at radius 2 is 1.45 bits per heavy atom. The number of imidazole rings is 1. The molecule has 2 aromatic heterocycles. The number of hydrogen-bond donors (Lipinski definition) is 0. The molecule has 9 heteroatoms. The van der Waals surface area contributed by atoms with Crippen molar-refractivity contribution in [1.82, 2.24) is 19.1 Å². The normalized spacial score (nSPS) is 14.6. The monoisotopic (exact) mass is 546 g/mol. The molecule has 0 amide bonds. The Kier molecular flexibility index (Phi) is 6.85. The van der Waals surface area contributed by atoms with E-state index < -0.39 is 11.7 Å². The number of aryl methyl sites for hydroxylation is 1. The molecule has 1 fully saturated rings. The minimum Gasteiger partial charge on any atom is -0.497 e. The summed E-state index contributed by atoms with van der Waals surface area (Å²) in [6, 6.07) is 23.1. The summed E-state index contributed by atoms with van der Waals surface area (Å²) in [7, 11) is 3.57. The van der Waals surface area contributed by atoms with E-state index in [4.69, 9.17) is 14.6 Å². The second-order valence-corrected chi connectivity index (χ2v) is 9.88. The van der Waals surface area contributed by atoms with Crippen molar-refractivity contribution in [3.05, 3.63) is 90.0 Å². The third-order valence-electron chi connectivity index (χ3n) is 7.43. The number of benzene rings is 3. The molecule has 0 spiro atoms. The zero-order valence-corrected chi connectivity index (χ0v) is 22.3. The van der Waals surface area contributed by atoms with Crippen molar-refractivity contribution in [1.29, 1.82) is 0 Å². The number of morpholine rings is 1. The van der Waals surface area contributed by atoms with E-state index in [0.717, 1.165) is 64.6 Å². The van der Waals surface area contributed by atoms with E-state index in [9.17, 15) is 13.2 Å². The van der Waals surface area contributed by atoms with Gasteiger partial charge in [0.05, 0.1) is 43.0 Å². The Morgan fingerprint density at radius 1 is 0.825 bits per heavy atom. The summed E-state index contributed by atoms with van der Waals surface area (Å²) < 4.78 is 55.1. The quantitative estimate of drug-likeness (QED) is 0.243. The van der Waals surface area contributed by atoms with E-state index in [2.05, 4.69) is 21.6 Å². The van der Waals surface area contributed by atoms with Crippen molar-refractivity contribution in [2.75, 3.05) is 33.4 Å². The van der Waals surface area contributed by atoms with Crippen molar-refractivity contribution in [3.8, 4) is 39.5 Å². The van der Waals surface area contributed by atoms with Gasteiger partial charge in [-0.15, -0.1) is 0 Å². The van der Waals surface area contributed by atoms with Gasteiger partial charge in [0.25, 0.3) is 0 Å². The van der Waals surface area contributed by atoms with E-state index in [0.29, 0.717) is 31.1 Å². The molecule has 1 saturated heterocycles. The van der Waals surface area contributed by atoms with Crippen LogP contribution in [-0.4, -0.2) is 52.5 Å². The van der Waals surface area contributed by atoms with Crippen LogP contribution >= 0.6 is 0 Å². The molecule has 0 unspecified atom stereocenters. The average Bonchev–Trinajstić information content (AvgIpc) is 3.48. The molecular weight excluding hydrogens is 517 g/mol. The fraction of sp³-hybridized carbons (Fsp3) is 0.258. The smallest absolute Gasteiger partial charge is 0.416 e. The van der Waals surface area contributed by atoms with Crippen molar-refractivity contribution in [2.45, 2.75) is 12.7 Å². The molecule has 0 bridgehead atoms. The zero-order chi connectivity index (χ0) is 27.9. The number of halogens is 3. The first-order valence-corrected chi connectivity index (χ1v) is 13.1. The van der Waals surface area contributed by atoms with Crippen LogP contribution in [0, 0.1) is 0 Å². The molecule has 0 saturated carbocycles. The van der Waals surface area contributed by atoms with Crippen LogP contribution in [0.3, 0.4) is 0 Å². The van der Waals surface area contributed by atoms with Crippen molar-refractivity contribution in [2.24, 2.45) is 7.05 Å². The summed E-state index contributed by atoms with van der Waals surface area (Å²) >= 11 is 0. The predicted octanol–water partition coefficient (Wildman–Crippen LogP) is 6.53. The minimum atomic E-state index is -4.41. The first-order chi connectivity index (χ1) is 19.3. The molecule has 40 heavy (non-hydrogen) atoms. The highest BCUT2D eigenvalue weighted by atomic mass is 19.4. The third-order valence-corrected chi connectivity index (χ3v) is 7.43. The molecule has 5 aromatic rings. The number of nitrogens with zero attached hydrogens (tertiary/aromatic N) is 4. The number of methoxy groups -OCH3 is 1. The van der Waals surface area contributed by atoms with Gasteiger partial charge in [-0.05, 0) is 36.4 Å². The van der Waals surface area contributed by atoms with Gasteiger partial charge in [-0.3, -0.25) is 4.90 Å². The first kappa shape index (κ1) is 26.2. The van der Waals surface area contributed by atoms with E-state index in [1.165, 1.54) is 12.1 Å². The number of rotatable bonds is 6. The van der Waals surface area contributed by atoms with Gasteiger partial charge in [0.2, 0.25) is 0 Å². The van der Waals surface area contributed by atoms with Crippen LogP contribution in [-0.2, 0) is 24.5 Å². The molecular formula is C31H29F3N4O2. The SMILES string of the molecule is COc1ccc(-c2c(-c3ccc(C(F)(F)F)cc3)n(C)c3c(CN4CCOCC4)c(-c4ccccc4)nn23)cc1. The fourth-order valence-electron chi connectivity index (χ4n) is 5.42. The standard InChI is InChI=1S/C31H29F3N4O2/c1-36-28(22-8-12-24(13-9-22)31(32,33)34)29(23-10-14-25(39-2)15-11-23)38-30(36)26(20-37-16-18-40-19-17-37)27(35-38)21-6-4-3-5-7-21/h3-15H,16-20H2,1-2H3. The van der Waals surface area contributed by atoms with Crippen LogP contribution in [0.4, 0.5) is 13.2 Å². The second-order valence-electron chi connectivity index (χ2n) is 9.88. The van der Waals surface area contributed by atoms with Crippen LogP contribution in [0.15, 0.2) is 78.9 Å². The Bertz CT molecular complexity index is 1620. The second kappa shape index (κ2) is 10.5. The molecule has 1 aliphatic heterocycles. The third kappa shape index (κ3) is 4.76. The van der Waals surface area contributed by atoms with Gasteiger partial charge in [-0.25, -0.2) is 4.52 Å². The van der Waals surface area contributed by atoms with Gasteiger partial charge in [-0.2, -0.15) is 18.3 Å². The van der Waals surface area contributed by atoms with Crippen molar-refractivity contribution in [3.63, 3.8) is 0 Å². The fourth-order valence-corrected chi connectivity index (χ4v) is 5.42. The van der Waals surface area contributed by atoms with Crippen molar-refractivity contribution < 1.29 is 22.6 Å².